The van der Waals surface area contributed by atoms with E-state index in [1.165, 1.54) is 19.9 Å². The average molecular weight is 759 g/mol. The second kappa shape index (κ2) is 22.0. The molecule has 15 nitrogen and oxygen atoms in total. The molecule has 4 amide bonds. The van der Waals surface area contributed by atoms with Crippen LogP contribution in [0.25, 0.3) is 0 Å². The number of sulfone groups is 1. The van der Waals surface area contributed by atoms with Crippen LogP contribution in [-0.4, -0.2) is 80.8 Å². The van der Waals surface area contributed by atoms with Crippen LogP contribution >= 0.6 is 0 Å². The van der Waals surface area contributed by atoms with Crippen molar-refractivity contribution in [3.05, 3.63) is 83.3 Å². The Morgan fingerprint density at radius 2 is 1.25 bits per heavy atom. The van der Waals surface area contributed by atoms with Gasteiger partial charge in [0.15, 0.2) is 9.84 Å². The maximum atomic E-state index is 13.9. The molecule has 0 aliphatic rings. The van der Waals surface area contributed by atoms with Crippen LogP contribution in [0.2, 0.25) is 0 Å². The minimum Gasteiger partial charge on any atom is -0.466 e. The van der Waals surface area contributed by atoms with Crippen molar-refractivity contribution in [3.63, 3.8) is 0 Å². The molecule has 2 aromatic rings. The molecular formula is C37H50N4O11S. The Morgan fingerprint density at radius 1 is 0.679 bits per heavy atom. The summed E-state index contributed by atoms with van der Waals surface area (Å²) in [4.78, 5) is 78.7. The van der Waals surface area contributed by atoms with Crippen LogP contribution in [-0.2, 0) is 54.6 Å². The van der Waals surface area contributed by atoms with Gasteiger partial charge in [-0.2, -0.15) is 0 Å². The lowest BCUT2D eigenvalue weighted by molar-refractivity contribution is -0.145. The number of esters is 2. The molecule has 0 spiro atoms. The minimum absolute atomic E-state index is 0.0172. The summed E-state index contributed by atoms with van der Waals surface area (Å²) in [6.45, 7) is 9.42. The topological polar surface area (TPSA) is 212 Å². The van der Waals surface area contributed by atoms with Gasteiger partial charge in [0.2, 0.25) is 17.7 Å². The molecule has 0 fully saturated rings. The van der Waals surface area contributed by atoms with E-state index in [1.807, 2.05) is 0 Å². The molecule has 0 saturated heterocycles. The van der Waals surface area contributed by atoms with Crippen molar-refractivity contribution in [2.24, 2.45) is 5.92 Å². The van der Waals surface area contributed by atoms with Gasteiger partial charge in [-0.25, -0.2) is 13.2 Å². The molecule has 0 saturated carbocycles. The first kappa shape index (κ1) is 43.9. The van der Waals surface area contributed by atoms with Gasteiger partial charge >= 0.3 is 18.0 Å². The molecule has 0 aliphatic carbocycles. The van der Waals surface area contributed by atoms with Crippen LogP contribution < -0.4 is 21.3 Å². The second-order valence-corrected chi connectivity index (χ2v) is 14.8. The van der Waals surface area contributed by atoms with Crippen LogP contribution in [0.1, 0.15) is 71.6 Å². The zero-order chi connectivity index (χ0) is 39.6. The number of ether oxygens (including phenoxy) is 3. The summed E-state index contributed by atoms with van der Waals surface area (Å²) in [6.07, 6.45) is -0.781. The van der Waals surface area contributed by atoms with Gasteiger partial charge in [-0.3, -0.25) is 24.0 Å². The monoisotopic (exact) mass is 758 g/mol. The van der Waals surface area contributed by atoms with Crippen LogP contribution in [0.15, 0.2) is 72.1 Å². The maximum Gasteiger partial charge on any atom is 0.408 e. The summed E-state index contributed by atoms with van der Waals surface area (Å²) in [6, 6.07) is 11.6. The quantitative estimate of drug-likeness (QED) is 0.114. The van der Waals surface area contributed by atoms with Crippen molar-refractivity contribution in [2.75, 3.05) is 13.2 Å². The number of carbonyl (C=O) groups is 6. The van der Waals surface area contributed by atoms with Crippen LogP contribution in [0.3, 0.4) is 0 Å². The number of carbonyl (C=O) groups excluding carboxylic acids is 6. The average Bonchev–Trinajstić information content (AvgIpc) is 3.11. The van der Waals surface area contributed by atoms with E-state index in [0.717, 1.165) is 5.41 Å². The lowest BCUT2D eigenvalue weighted by atomic mass is 10.00. The molecular weight excluding hydrogens is 708 g/mol. The van der Waals surface area contributed by atoms with Crippen molar-refractivity contribution in [3.8, 4) is 0 Å². The van der Waals surface area contributed by atoms with E-state index in [2.05, 4.69) is 21.3 Å². The van der Waals surface area contributed by atoms with Gasteiger partial charge in [-0.05, 0) is 44.7 Å². The van der Waals surface area contributed by atoms with Crippen LogP contribution in [0, 0.1) is 5.92 Å². The van der Waals surface area contributed by atoms with Crippen molar-refractivity contribution in [1.82, 2.24) is 21.3 Å². The smallest absolute Gasteiger partial charge is 0.408 e. The van der Waals surface area contributed by atoms with E-state index in [-0.39, 0.29) is 26.2 Å². The number of benzene rings is 2. The SMILES string of the molecule is CCOC(=O)C[C@@H](/C=C/S(=O)(=O)C(C)C)NC(=O)[C@H](NC(=O)[C@@H](NC(=O)[C@H](CC(=O)OCC)NC(=O)OCc1ccccc1)c1ccccc1)C(C)C. The fraction of sp³-hybridized carbons (Fsp3) is 0.459. The van der Waals surface area contributed by atoms with Crippen molar-refractivity contribution in [2.45, 2.75) is 90.4 Å². The van der Waals surface area contributed by atoms with E-state index in [4.69, 9.17) is 14.2 Å². The molecule has 0 unspecified atom stereocenters. The first-order valence-electron chi connectivity index (χ1n) is 17.2. The summed E-state index contributed by atoms with van der Waals surface area (Å²) < 4.78 is 40.1. The summed E-state index contributed by atoms with van der Waals surface area (Å²) in [5, 5.41) is 10.4. The van der Waals surface area contributed by atoms with E-state index < -0.39 is 87.3 Å². The first-order valence-corrected chi connectivity index (χ1v) is 18.8. The third kappa shape index (κ3) is 15.5. The molecule has 2 rings (SSSR count). The molecule has 16 heteroatoms. The van der Waals surface area contributed by atoms with Crippen molar-refractivity contribution < 1.29 is 51.4 Å². The Hall–Kier alpha value is -5.25. The number of nitrogens with one attached hydrogen (secondary N) is 4. The van der Waals surface area contributed by atoms with E-state index in [0.29, 0.717) is 11.1 Å². The molecule has 0 aromatic heterocycles. The lowest BCUT2D eigenvalue weighted by Gasteiger charge is -2.28. The number of rotatable bonds is 20. The van der Waals surface area contributed by atoms with Crippen molar-refractivity contribution in [1.29, 1.82) is 0 Å². The zero-order valence-electron chi connectivity index (χ0n) is 30.8. The molecule has 0 heterocycles. The number of hydrogen-bond acceptors (Lipinski definition) is 11. The number of hydrogen-bond donors (Lipinski definition) is 4. The summed E-state index contributed by atoms with van der Waals surface area (Å²) in [5.41, 5.74) is 0.993. The summed E-state index contributed by atoms with van der Waals surface area (Å²) >= 11 is 0. The predicted molar refractivity (Wildman–Crippen MR) is 195 cm³/mol. The molecule has 4 atom stereocenters. The molecule has 53 heavy (non-hydrogen) atoms. The Balaban J connectivity index is 2.34. The highest BCUT2D eigenvalue weighted by Crippen LogP contribution is 2.16. The Morgan fingerprint density at radius 3 is 1.79 bits per heavy atom. The second-order valence-electron chi connectivity index (χ2n) is 12.4. The highest BCUT2D eigenvalue weighted by molar-refractivity contribution is 7.94. The molecule has 290 valence electrons. The lowest BCUT2D eigenvalue weighted by Crippen LogP contribution is -2.56. The molecule has 0 aliphatic heterocycles. The van der Waals surface area contributed by atoms with Crippen LogP contribution in [0.5, 0.6) is 0 Å². The van der Waals surface area contributed by atoms with Gasteiger partial charge in [0, 0.05) is 5.41 Å². The minimum atomic E-state index is -3.69. The molecule has 2 aromatic carbocycles. The van der Waals surface area contributed by atoms with E-state index >= 15 is 0 Å². The standard InChI is InChI=1S/C37H50N4O11S/c1-7-50-30(42)21-28(19-20-53(48,49)25(5)6)38-35(45)32(24(3)4)40-36(46)33(27-17-13-10-14-18-27)41-34(44)29(22-31(43)51-8-2)39-37(47)52-23-26-15-11-9-12-16-26/h9-20,24-25,28-29,32-33H,7-8,21-23H2,1-6H3,(H,38,45)(H,39,47)(H,40,46)(H,41,44)/b20-19+/t28-,29+,32-,33+/m1/s1. The Kier molecular flexibility index (Phi) is 18.2. The van der Waals surface area contributed by atoms with E-state index in [1.54, 1.807) is 88.4 Å². The largest absolute Gasteiger partial charge is 0.466 e. The number of alkyl carbamates (subject to hydrolysis) is 1. The summed E-state index contributed by atoms with van der Waals surface area (Å²) in [5.74, 6) is -4.49. The van der Waals surface area contributed by atoms with Gasteiger partial charge in [0.05, 0.1) is 37.3 Å². The molecule has 0 radical (unpaired) electrons. The Labute approximate surface area is 310 Å². The summed E-state index contributed by atoms with van der Waals surface area (Å²) in [7, 11) is -3.69. The fourth-order valence-corrected chi connectivity index (χ4v) is 5.39. The van der Waals surface area contributed by atoms with Gasteiger partial charge in [0.25, 0.3) is 0 Å². The predicted octanol–water partition coefficient (Wildman–Crippen LogP) is 3.01. The van der Waals surface area contributed by atoms with Gasteiger partial charge in [0.1, 0.15) is 24.7 Å². The third-order valence-electron chi connectivity index (χ3n) is 7.60. The Bertz CT molecular complexity index is 1670. The maximum absolute atomic E-state index is 13.9. The van der Waals surface area contributed by atoms with Crippen molar-refractivity contribution >= 4 is 45.6 Å². The molecule has 4 N–H and O–H groups in total. The van der Waals surface area contributed by atoms with E-state index in [9.17, 15) is 37.2 Å². The van der Waals surface area contributed by atoms with Crippen LogP contribution in [0.4, 0.5) is 4.79 Å². The highest BCUT2D eigenvalue weighted by Gasteiger charge is 2.34. The normalized spacial score (nSPS) is 13.7. The van der Waals surface area contributed by atoms with Gasteiger partial charge < -0.3 is 35.5 Å². The molecule has 0 bridgehead atoms. The number of amides is 4. The zero-order valence-corrected chi connectivity index (χ0v) is 31.6. The van der Waals surface area contributed by atoms with Gasteiger partial charge in [-0.15, -0.1) is 0 Å². The first-order chi connectivity index (χ1) is 25.1. The van der Waals surface area contributed by atoms with Gasteiger partial charge in [-0.1, -0.05) is 80.6 Å². The third-order valence-corrected chi connectivity index (χ3v) is 9.45. The fourth-order valence-electron chi connectivity index (χ4n) is 4.66. The highest BCUT2D eigenvalue weighted by atomic mass is 32.2.